The van der Waals surface area contributed by atoms with E-state index in [1.165, 1.54) is 26.4 Å². The van der Waals surface area contributed by atoms with Crippen molar-refractivity contribution in [1.29, 1.82) is 0 Å². The number of hydrogen-bond acceptors (Lipinski definition) is 9. The molecule has 0 saturated heterocycles. The van der Waals surface area contributed by atoms with Crippen LogP contribution in [0.25, 0.3) is 0 Å². The molecule has 1 aromatic carbocycles. The number of nitrogens with two attached hydrogens (primary N) is 1. The molecule has 0 saturated carbocycles. The second-order valence-corrected chi connectivity index (χ2v) is 11.3. The van der Waals surface area contributed by atoms with Crippen molar-refractivity contribution >= 4 is 52.2 Å². The number of allylic oxidation sites excluding steroid dienone is 2. The van der Waals surface area contributed by atoms with Crippen LogP contribution in [0.4, 0.5) is 16.2 Å². The molecular formula is C30H42IN3O8. The number of ether oxygens (including phenoxy) is 3. The number of aliphatic hydroxyl groups excluding tert-OH is 1. The minimum atomic E-state index is -0.989. The third kappa shape index (κ3) is 9.54. The second kappa shape index (κ2) is 16.6. The molecule has 2 amide bonds. The summed E-state index contributed by atoms with van der Waals surface area (Å²) in [6, 6.07) is 1.26. The smallest absolute Gasteiger partial charge is 0.405 e. The van der Waals surface area contributed by atoms with E-state index in [1.807, 2.05) is 13.8 Å². The quantitative estimate of drug-likeness (QED) is 0.0735. The van der Waals surface area contributed by atoms with Crippen molar-refractivity contribution in [3.8, 4) is 11.5 Å². The van der Waals surface area contributed by atoms with Crippen LogP contribution in [0.15, 0.2) is 46.5 Å². The largest absolute Gasteiger partial charge is 0.506 e. The predicted octanol–water partition coefficient (Wildman–Crippen LogP) is 4.70. The van der Waals surface area contributed by atoms with E-state index in [2.05, 4.69) is 32.9 Å². The number of phenolic OH excluding ortho intramolecular Hbond substituents is 2. The molecule has 6 atom stereocenters. The number of rotatable bonds is 5. The number of phenols is 2. The monoisotopic (exact) mass is 699 g/mol. The van der Waals surface area contributed by atoms with Crippen molar-refractivity contribution in [2.24, 2.45) is 22.6 Å². The summed E-state index contributed by atoms with van der Waals surface area (Å²) in [6.07, 6.45) is 4.60. The zero-order chi connectivity index (χ0) is 31.6. The van der Waals surface area contributed by atoms with Gasteiger partial charge in [-0.25, -0.2) is 4.79 Å². The number of carbonyl (C=O) groups excluding carboxylic acids is 2. The molecular weight excluding hydrogens is 657 g/mol. The van der Waals surface area contributed by atoms with Gasteiger partial charge in [-0.3, -0.25) is 9.79 Å². The van der Waals surface area contributed by atoms with Gasteiger partial charge in [-0.1, -0.05) is 60.7 Å². The lowest BCUT2D eigenvalue weighted by molar-refractivity contribution is -0.112. The van der Waals surface area contributed by atoms with Crippen LogP contribution < -0.4 is 11.1 Å². The Labute approximate surface area is 260 Å². The Morgan fingerprint density at radius 2 is 1.93 bits per heavy atom. The average molecular weight is 700 g/mol. The Balaban J connectivity index is 2.69. The first-order chi connectivity index (χ1) is 19.8. The number of alkyl halides is 1. The molecule has 1 aromatic rings. The number of methoxy groups -OCH3 is 2. The van der Waals surface area contributed by atoms with Crippen molar-refractivity contribution < 1.29 is 39.1 Å². The molecule has 0 fully saturated rings. The van der Waals surface area contributed by atoms with Crippen LogP contribution in [0.5, 0.6) is 11.5 Å². The van der Waals surface area contributed by atoms with Crippen molar-refractivity contribution in [2.45, 2.75) is 65.0 Å². The number of nitrogens with zero attached hydrogens (tertiary/aromatic N) is 1. The predicted molar refractivity (Wildman–Crippen MR) is 171 cm³/mol. The molecule has 11 nitrogen and oxygen atoms in total. The number of amides is 2. The van der Waals surface area contributed by atoms with Crippen molar-refractivity contribution in [2.75, 3.05) is 24.0 Å². The lowest BCUT2D eigenvalue weighted by Gasteiger charge is -2.29. The molecule has 0 spiro atoms. The van der Waals surface area contributed by atoms with E-state index in [1.54, 1.807) is 38.3 Å². The first-order valence-electron chi connectivity index (χ1n) is 13.5. The normalized spacial score (nSPS) is 26.4. The van der Waals surface area contributed by atoms with E-state index in [4.69, 9.17) is 19.9 Å². The zero-order valence-electron chi connectivity index (χ0n) is 24.8. The standard InChI is InChI=1S/C30H42IN3O8/c1-16-12-20-25(33-11-10-31)22(35)15-21(27(20)37)34-29(38)17(2)8-7-9-23(40-5)28(42-30(32)39)19(4)14-18(3)26(36)24(13-16)41-6/h7-9,11,14-16,18,23-24,26,28,35-37H,10,12-13H2,1-6H3,(H2,32,39)(H,34,38)/t16-,18+,23+,24+,26-,28+/m1/s1. The van der Waals surface area contributed by atoms with Crippen LogP contribution in [0.2, 0.25) is 0 Å². The van der Waals surface area contributed by atoms with Crippen LogP contribution >= 0.6 is 22.6 Å². The molecule has 2 bridgehead atoms. The Kier molecular flexibility index (Phi) is 14.0. The Hall–Kier alpha value is -2.94. The average Bonchev–Trinajstić information content (AvgIpc) is 2.94. The van der Waals surface area contributed by atoms with E-state index in [-0.39, 0.29) is 35.2 Å². The highest BCUT2D eigenvalue weighted by Crippen LogP contribution is 2.44. The maximum atomic E-state index is 13.0. The van der Waals surface area contributed by atoms with Crippen LogP contribution in [0.1, 0.15) is 39.7 Å². The summed E-state index contributed by atoms with van der Waals surface area (Å²) in [7, 11) is 2.95. The number of aliphatic hydroxyl groups is 1. The number of halogens is 1. The minimum Gasteiger partial charge on any atom is -0.506 e. The van der Waals surface area contributed by atoms with Gasteiger partial charge in [0.05, 0.1) is 17.9 Å². The fourth-order valence-electron chi connectivity index (χ4n) is 4.86. The topological polar surface area (TPSA) is 173 Å². The van der Waals surface area contributed by atoms with Crippen LogP contribution in [-0.4, -0.2) is 76.6 Å². The van der Waals surface area contributed by atoms with Gasteiger partial charge >= 0.3 is 6.09 Å². The fourth-order valence-corrected chi connectivity index (χ4v) is 5.06. The molecule has 0 aromatic heterocycles. The summed E-state index contributed by atoms with van der Waals surface area (Å²) < 4.78 is 17.2. The van der Waals surface area contributed by atoms with Gasteiger partial charge in [0.2, 0.25) is 0 Å². The number of fused-ring (bicyclic) bond motifs is 2. The number of anilines is 1. The van der Waals surface area contributed by atoms with Gasteiger partial charge in [-0.05, 0) is 38.2 Å². The second-order valence-electron chi connectivity index (χ2n) is 10.4. The zero-order valence-corrected chi connectivity index (χ0v) is 27.0. The van der Waals surface area contributed by atoms with Gasteiger partial charge in [-0.2, -0.15) is 0 Å². The summed E-state index contributed by atoms with van der Waals surface area (Å²) in [6.45, 7) is 7.08. The van der Waals surface area contributed by atoms with Gasteiger partial charge in [0.25, 0.3) is 5.91 Å². The van der Waals surface area contributed by atoms with Crippen molar-refractivity contribution in [3.05, 3.63) is 47.1 Å². The lowest BCUT2D eigenvalue weighted by atomic mass is 9.87. The molecule has 0 unspecified atom stereocenters. The molecule has 12 heteroatoms. The number of carbonyl (C=O) groups is 2. The summed E-state index contributed by atoms with van der Waals surface area (Å²) in [5.41, 5.74) is 6.85. The number of primary amides is 1. The van der Waals surface area contributed by atoms with E-state index >= 15 is 0 Å². The Bertz CT molecular complexity index is 1230. The summed E-state index contributed by atoms with van der Waals surface area (Å²) in [5.74, 6) is -1.48. The molecule has 0 radical (unpaired) electrons. The third-order valence-corrected chi connectivity index (χ3v) is 7.49. The molecule has 1 heterocycles. The first-order valence-corrected chi connectivity index (χ1v) is 15.1. The maximum Gasteiger partial charge on any atom is 0.405 e. The molecule has 0 aliphatic carbocycles. The van der Waals surface area contributed by atoms with E-state index in [9.17, 15) is 24.9 Å². The van der Waals surface area contributed by atoms with Gasteiger partial charge in [0.15, 0.2) is 6.10 Å². The molecule has 2 rings (SSSR count). The SMILES string of the molecule is CO[C@H]1C=CC=C(C)C(=O)Nc2cc(O)c(N=CCI)c(c2O)C[C@@H](C)C[C@H](OC)[C@H](O)[C@@H](C)C=C(C)[C@@H]1OC(N)=O. The lowest BCUT2D eigenvalue weighted by Crippen LogP contribution is -2.37. The highest BCUT2D eigenvalue weighted by molar-refractivity contribution is 14.1. The van der Waals surface area contributed by atoms with Gasteiger partial charge in [-0.15, -0.1) is 0 Å². The van der Waals surface area contributed by atoms with Crippen molar-refractivity contribution in [1.82, 2.24) is 0 Å². The minimum absolute atomic E-state index is 0.0317. The molecule has 1 aliphatic heterocycles. The number of hydrogen-bond donors (Lipinski definition) is 5. The van der Waals surface area contributed by atoms with Gasteiger partial charge in [0.1, 0.15) is 23.3 Å². The van der Waals surface area contributed by atoms with Gasteiger partial charge < -0.3 is 40.6 Å². The Morgan fingerprint density at radius 3 is 2.52 bits per heavy atom. The van der Waals surface area contributed by atoms with E-state index < -0.39 is 42.3 Å². The highest BCUT2D eigenvalue weighted by atomic mass is 127. The number of aliphatic imine (C=N–C) groups is 1. The highest BCUT2D eigenvalue weighted by Gasteiger charge is 2.30. The summed E-state index contributed by atoms with van der Waals surface area (Å²) >= 11 is 2.12. The van der Waals surface area contributed by atoms with Crippen LogP contribution in [0.3, 0.4) is 0 Å². The van der Waals surface area contributed by atoms with Crippen LogP contribution in [-0.2, 0) is 25.4 Å². The van der Waals surface area contributed by atoms with E-state index in [0.717, 1.165) is 0 Å². The number of benzene rings is 1. The number of aromatic hydroxyl groups is 2. The fraction of sp³-hybridized carbons (Fsp3) is 0.500. The number of nitrogens with one attached hydrogen (secondary N) is 1. The Morgan fingerprint density at radius 1 is 1.24 bits per heavy atom. The van der Waals surface area contributed by atoms with Crippen LogP contribution in [0, 0.1) is 11.8 Å². The van der Waals surface area contributed by atoms with Crippen molar-refractivity contribution in [3.63, 3.8) is 0 Å². The maximum absolute atomic E-state index is 13.0. The molecule has 42 heavy (non-hydrogen) atoms. The van der Waals surface area contributed by atoms with Gasteiger partial charge in [0, 0.05) is 48.0 Å². The molecule has 6 N–H and O–H groups in total. The summed E-state index contributed by atoms with van der Waals surface area (Å²) in [4.78, 5) is 29.1. The molecule has 1 aliphatic rings. The third-order valence-electron chi connectivity index (χ3n) is 7.09. The first kappa shape index (κ1) is 35.3. The summed E-state index contributed by atoms with van der Waals surface area (Å²) in [5, 5.41) is 36.0. The van der Waals surface area contributed by atoms with E-state index in [0.29, 0.717) is 27.6 Å². The molecule has 232 valence electrons.